The van der Waals surface area contributed by atoms with Gasteiger partial charge < -0.3 is 0 Å². The average Bonchev–Trinajstić information content (AvgIpc) is 2.84. The lowest BCUT2D eigenvalue weighted by Crippen LogP contribution is -2.30. The molecule has 3 nitrogen and oxygen atoms in total. The summed E-state index contributed by atoms with van der Waals surface area (Å²) in [6, 6.07) is 14.7. The number of carbonyl (C=O) groups excluding carboxylic acids is 2. The number of benzene rings is 2. The number of nitrogens with zero attached hydrogens (tertiary/aromatic N) is 1. The van der Waals surface area contributed by atoms with E-state index in [1.165, 1.54) is 4.90 Å². The minimum Gasteiger partial charge on any atom is -0.274 e. The Balaban J connectivity index is 1.45. The molecule has 0 spiro atoms. The second-order valence-electron chi connectivity index (χ2n) is 5.76. The van der Waals surface area contributed by atoms with Gasteiger partial charge in [0.2, 0.25) is 0 Å². The standard InChI is InChI=1S/C20H18ClNO2/c21-16-12-10-15(11-13-16)7-3-1-2-6-14-22-19(23)17-8-4-5-9-18(17)20(22)24/h3-5,7-13H,1-2,6,14H2. The van der Waals surface area contributed by atoms with E-state index < -0.39 is 0 Å². The molecule has 0 saturated heterocycles. The molecule has 0 fully saturated rings. The Hall–Kier alpha value is -2.39. The SMILES string of the molecule is O=C1c2ccccc2C(=O)N1CCCCC=Cc1ccc(Cl)cc1. The van der Waals surface area contributed by atoms with Gasteiger partial charge in [-0.15, -0.1) is 0 Å². The van der Waals surface area contributed by atoms with Crippen molar-refractivity contribution in [3.8, 4) is 0 Å². The first-order chi connectivity index (χ1) is 11.7. The van der Waals surface area contributed by atoms with Gasteiger partial charge in [-0.3, -0.25) is 14.5 Å². The second-order valence-corrected chi connectivity index (χ2v) is 6.19. The van der Waals surface area contributed by atoms with E-state index in [1.54, 1.807) is 24.3 Å². The zero-order chi connectivity index (χ0) is 16.9. The molecular weight excluding hydrogens is 322 g/mol. The van der Waals surface area contributed by atoms with Crippen molar-refractivity contribution in [2.24, 2.45) is 0 Å². The van der Waals surface area contributed by atoms with Crippen molar-refractivity contribution >= 4 is 29.5 Å². The van der Waals surface area contributed by atoms with Crippen LogP contribution < -0.4 is 0 Å². The van der Waals surface area contributed by atoms with Crippen LogP contribution in [-0.2, 0) is 0 Å². The molecule has 2 aromatic carbocycles. The maximum atomic E-state index is 12.2. The Bertz CT molecular complexity index is 745. The van der Waals surface area contributed by atoms with E-state index in [4.69, 9.17) is 11.6 Å². The van der Waals surface area contributed by atoms with Gasteiger partial charge in [-0.1, -0.05) is 48.0 Å². The number of fused-ring (bicyclic) bond motifs is 1. The zero-order valence-electron chi connectivity index (χ0n) is 13.2. The number of unbranched alkanes of at least 4 members (excludes halogenated alkanes) is 2. The molecule has 0 radical (unpaired) electrons. The van der Waals surface area contributed by atoms with Crippen LogP contribution in [0.15, 0.2) is 54.6 Å². The molecule has 4 heteroatoms. The van der Waals surface area contributed by atoms with Crippen LogP contribution in [0.2, 0.25) is 5.02 Å². The van der Waals surface area contributed by atoms with Crippen LogP contribution in [0.25, 0.3) is 6.08 Å². The highest BCUT2D eigenvalue weighted by Gasteiger charge is 2.34. The topological polar surface area (TPSA) is 37.4 Å². The van der Waals surface area contributed by atoms with Gasteiger partial charge in [0, 0.05) is 11.6 Å². The van der Waals surface area contributed by atoms with Gasteiger partial charge in [-0.25, -0.2) is 0 Å². The molecule has 1 aliphatic rings. The van der Waals surface area contributed by atoms with Crippen LogP contribution in [0, 0.1) is 0 Å². The Kier molecular flexibility index (Phi) is 5.11. The molecule has 0 atom stereocenters. The van der Waals surface area contributed by atoms with Gasteiger partial charge in [-0.2, -0.15) is 0 Å². The summed E-state index contributed by atoms with van der Waals surface area (Å²) in [6.45, 7) is 0.473. The number of halogens is 1. The molecule has 0 N–H and O–H groups in total. The van der Waals surface area contributed by atoms with E-state index in [2.05, 4.69) is 12.2 Å². The Labute approximate surface area is 146 Å². The van der Waals surface area contributed by atoms with Crippen molar-refractivity contribution in [3.05, 3.63) is 76.3 Å². The lowest BCUT2D eigenvalue weighted by Gasteiger charge is -2.12. The third kappa shape index (κ3) is 3.57. The molecule has 24 heavy (non-hydrogen) atoms. The highest BCUT2D eigenvalue weighted by atomic mass is 35.5. The largest absolute Gasteiger partial charge is 0.274 e. The predicted molar refractivity (Wildman–Crippen MR) is 96.1 cm³/mol. The minimum atomic E-state index is -0.174. The fraction of sp³-hybridized carbons (Fsp3) is 0.200. The molecule has 0 aliphatic carbocycles. The summed E-state index contributed by atoms with van der Waals surface area (Å²) >= 11 is 5.85. The highest BCUT2D eigenvalue weighted by Crippen LogP contribution is 2.22. The number of amides is 2. The van der Waals surface area contributed by atoms with Gasteiger partial charge in [0.1, 0.15) is 0 Å². The summed E-state index contributed by atoms with van der Waals surface area (Å²) in [5, 5.41) is 0.730. The fourth-order valence-corrected chi connectivity index (χ4v) is 2.89. The third-order valence-corrected chi connectivity index (χ3v) is 4.31. The number of carbonyl (C=O) groups is 2. The Morgan fingerprint density at radius 1 is 0.875 bits per heavy atom. The maximum absolute atomic E-state index is 12.2. The molecule has 122 valence electrons. The summed E-state index contributed by atoms with van der Waals surface area (Å²) in [5.74, 6) is -0.348. The van der Waals surface area contributed by atoms with Crippen molar-refractivity contribution in [1.29, 1.82) is 0 Å². The van der Waals surface area contributed by atoms with Crippen molar-refractivity contribution < 1.29 is 9.59 Å². The second kappa shape index (κ2) is 7.45. The third-order valence-electron chi connectivity index (χ3n) is 4.06. The first-order valence-electron chi connectivity index (χ1n) is 8.04. The highest BCUT2D eigenvalue weighted by molar-refractivity contribution is 6.30. The molecule has 1 heterocycles. The van der Waals surface area contributed by atoms with Gasteiger partial charge in [-0.05, 0) is 49.1 Å². The lowest BCUT2D eigenvalue weighted by atomic mass is 10.1. The molecular formula is C20H18ClNO2. The van der Waals surface area contributed by atoms with E-state index in [1.807, 2.05) is 24.3 Å². The molecule has 0 saturated carbocycles. The van der Waals surface area contributed by atoms with Crippen LogP contribution in [-0.4, -0.2) is 23.3 Å². The molecule has 3 rings (SSSR count). The predicted octanol–water partition coefficient (Wildman–Crippen LogP) is 4.82. The van der Waals surface area contributed by atoms with Crippen molar-refractivity contribution in [1.82, 2.24) is 4.90 Å². The van der Waals surface area contributed by atoms with Crippen LogP contribution >= 0.6 is 11.6 Å². The van der Waals surface area contributed by atoms with E-state index in [0.717, 1.165) is 29.8 Å². The number of hydrogen-bond acceptors (Lipinski definition) is 2. The number of hydrogen-bond donors (Lipinski definition) is 0. The Morgan fingerprint density at radius 2 is 1.50 bits per heavy atom. The zero-order valence-corrected chi connectivity index (χ0v) is 14.0. The van der Waals surface area contributed by atoms with E-state index in [9.17, 15) is 9.59 Å². The van der Waals surface area contributed by atoms with Gasteiger partial charge in [0.25, 0.3) is 11.8 Å². The quantitative estimate of drug-likeness (QED) is 0.559. The molecule has 0 aromatic heterocycles. The average molecular weight is 340 g/mol. The molecule has 1 aliphatic heterocycles. The first kappa shape index (κ1) is 16.5. The van der Waals surface area contributed by atoms with E-state index in [-0.39, 0.29) is 11.8 Å². The molecule has 2 amide bonds. The van der Waals surface area contributed by atoms with E-state index >= 15 is 0 Å². The summed E-state index contributed by atoms with van der Waals surface area (Å²) in [6.07, 6.45) is 6.80. The smallest absolute Gasteiger partial charge is 0.261 e. The van der Waals surface area contributed by atoms with Crippen LogP contribution in [0.5, 0.6) is 0 Å². The van der Waals surface area contributed by atoms with E-state index in [0.29, 0.717) is 17.7 Å². The van der Waals surface area contributed by atoms with Crippen LogP contribution in [0.4, 0.5) is 0 Å². The number of allylic oxidation sites excluding steroid dienone is 1. The monoisotopic (exact) mass is 339 g/mol. The van der Waals surface area contributed by atoms with Crippen molar-refractivity contribution in [2.45, 2.75) is 19.3 Å². The normalized spacial score (nSPS) is 13.8. The number of imide groups is 1. The number of rotatable bonds is 6. The minimum absolute atomic E-state index is 0.174. The van der Waals surface area contributed by atoms with Crippen molar-refractivity contribution in [3.63, 3.8) is 0 Å². The van der Waals surface area contributed by atoms with Gasteiger partial charge in [0.15, 0.2) is 0 Å². The fourth-order valence-electron chi connectivity index (χ4n) is 2.77. The summed E-state index contributed by atoms with van der Waals surface area (Å²) in [5.41, 5.74) is 2.15. The van der Waals surface area contributed by atoms with Gasteiger partial charge >= 0.3 is 0 Å². The summed E-state index contributed by atoms with van der Waals surface area (Å²) < 4.78 is 0. The van der Waals surface area contributed by atoms with Gasteiger partial charge in [0.05, 0.1) is 11.1 Å². The van der Waals surface area contributed by atoms with Crippen LogP contribution in [0.1, 0.15) is 45.5 Å². The lowest BCUT2D eigenvalue weighted by molar-refractivity contribution is 0.0652. The Morgan fingerprint density at radius 3 is 2.12 bits per heavy atom. The summed E-state index contributed by atoms with van der Waals surface area (Å²) in [4.78, 5) is 25.8. The van der Waals surface area contributed by atoms with Crippen molar-refractivity contribution in [2.75, 3.05) is 6.54 Å². The molecule has 2 aromatic rings. The van der Waals surface area contributed by atoms with Crippen LogP contribution in [0.3, 0.4) is 0 Å². The molecule has 0 bridgehead atoms. The first-order valence-corrected chi connectivity index (χ1v) is 8.42. The molecule has 0 unspecified atom stereocenters. The maximum Gasteiger partial charge on any atom is 0.261 e. The summed E-state index contributed by atoms with van der Waals surface area (Å²) in [7, 11) is 0.